The van der Waals surface area contributed by atoms with E-state index < -0.39 is 26.6 Å². The predicted molar refractivity (Wildman–Crippen MR) is 265 cm³/mol. The van der Waals surface area contributed by atoms with E-state index in [2.05, 4.69) is 92.1 Å². The summed E-state index contributed by atoms with van der Waals surface area (Å²) in [5.41, 5.74) is 0. The number of phosphoric acid groups is 1. The van der Waals surface area contributed by atoms with Gasteiger partial charge in [0.1, 0.15) is 13.2 Å². The number of rotatable bonds is 44. The van der Waals surface area contributed by atoms with E-state index in [1.165, 1.54) is 96.3 Å². The van der Waals surface area contributed by atoms with Crippen molar-refractivity contribution in [1.29, 1.82) is 0 Å². The smallest absolute Gasteiger partial charge is 0.268 e. The van der Waals surface area contributed by atoms with E-state index in [9.17, 15) is 19.4 Å². The molecule has 0 rings (SSSR count). The average Bonchev–Trinajstić information content (AvgIpc) is 3.23. The summed E-state index contributed by atoms with van der Waals surface area (Å²) in [7, 11) is 1.23. The van der Waals surface area contributed by atoms with Gasteiger partial charge in [-0.05, 0) is 70.6 Å². The molecule has 0 aliphatic rings. The van der Waals surface area contributed by atoms with Gasteiger partial charge in [-0.3, -0.25) is 9.36 Å². The lowest BCUT2D eigenvalue weighted by molar-refractivity contribution is -0.870. The Bertz CT molecular complexity index is 1280. The van der Waals surface area contributed by atoms with Gasteiger partial charge in [0.15, 0.2) is 0 Å². The second kappa shape index (κ2) is 43.9. The molecule has 0 saturated carbocycles. The molecule has 9 heteroatoms. The summed E-state index contributed by atoms with van der Waals surface area (Å²) in [6.45, 7) is 4.38. The molecule has 0 fully saturated rings. The number of allylic oxidation sites excluding steroid dienone is 13. The van der Waals surface area contributed by atoms with E-state index in [0.717, 1.165) is 77.0 Å². The Labute approximate surface area is 382 Å². The number of nitrogens with zero attached hydrogens (tertiary/aromatic N) is 1. The van der Waals surface area contributed by atoms with Gasteiger partial charge < -0.3 is 28.8 Å². The summed E-state index contributed by atoms with van der Waals surface area (Å²) in [6.07, 6.45) is 61.2. The molecule has 0 aliphatic carbocycles. The van der Waals surface area contributed by atoms with Crippen molar-refractivity contribution in [3.05, 3.63) is 85.1 Å². The Hall–Kier alpha value is -2.32. The van der Waals surface area contributed by atoms with Gasteiger partial charge in [0.2, 0.25) is 5.91 Å². The zero-order valence-corrected chi connectivity index (χ0v) is 41.4. The molecule has 0 heterocycles. The van der Waals surface area contributed by atoms with Crippen LogP contribution in [-0.4, -0.2) is 68.5 Å². The molecule has 62 heavy (non-hydrogen) atoms. The zero-order valence-electron chi connectivity index (χ0n) is 40.5. The third kappa shape index (κ3) is 45.7. The summed E-state index contributed by atoms with van der Waals surface area (Å²) in [6, 6.07) is -0.903. The van der Waals surface area contributed by atoms with Crippen LogP contribution < -0.4 is 10.2 Å². The van der Waals surface area contributed by atoms with Crippen LogP contribution in [0.2, 0.25) is 0 Å². The normalized spacial score (nSPS) is 14.9. The molecule has 0 aromatic carbocycles. The second-order valence-electron chi connectivity index (χ2n) is 17.8. The number of hydrogen-bond acceptors (Lipinski definition) is 6. The summed E-state index contributed by atoms with van der Waals surface area (Å²) in [5.74, 6) is -0.215. The SMILES string of the molecule is CC/C=C\C/C=C\C/C=C\C/C=C\C/C=C\CCCCCCCCCCCCCCCCCCCC(=O)NC(COP(=O)([O-])OCC[N+](C)(C)C)C(O)/C=C/CC/C=C/CCC. The van der Waals surface area contributed by atoms with Gasteiger partial charge in [-0.2, -0.15) is 0 Å². The molecule has 3 unspecified atom stereocenters. The number of aliphatic hydroxyl groups excluding tert-OH is 1. The van der Waals surface area contributed by atoms with Crippen molar-refractivity contribution >= 4 is 13.7 Å². The monoisotopic (exact) mass is 887 g/mol. The number of aliphatic hydroxyl groups is 1. The zero-order chi connectivity index (χ0) is 45.7. The van der Waals surface area contributed by atoms with Crippen LogP contribution in [0.3, 0.4) is 0 Å². The highest BCUT2D eigenvalue weighted by Crippen LogP contribution is 2.38. The third-order valence-electron chi connectivity index (χ3n) is 10.6. The first-order valence-corrected chi connectivity index (χ1v) is 26.4. The summed E-state index contributed by atoms with van der Waals surface area (Å²) < 4.78 is 23.1. The molecule has 2 N–H and O–H groups in total. The van der Waals surface area contributed by atoms with E-state index in [1.54, 1.807) is 6.08 Å². The van der Waals surface area contributed by atoms with Gasteiger partial charge in [-0.25, -0.2) is 0 Å². The van der Waals surface area contributed by atoms with Crippen molar-refractivity contribution in [3.63, 3.8) is 0 Å². The number of likely N-dealkylation sites (N-methyl/N-ethyl adjacent to an activating group) is 1. The average molecular weight is 887 g/mol. The van der Waals surface area contributed by atoms with E-state index >= 15 is 0 Å². The van der Waals surface area contributed by atoms with Crippen molar-refractivity contribution in [2.75, 3.05) is 40.9 Å². The molecule has 0 aliphatic heterocycles. The molecule has 0 aromatic heterocycles. The van der Waals surface area contributed by atoms with Gasteiger partial charge in [0, 0.05) is 6.42 Å². The number of carbonyl (C=O) groups is 1. The molecule has 358 valence electrons. The molecule has 0 saturated heterocycles. The lowest BCUT2D eigenvalue weighted by Gasteiger charge is -2.29. The number of nitrogens with one attached hydrogen (secondary N) is 1. The Morgan fingerprint density at radius 2 is 1.00 bits per heavy atom. The molecule has 8 nitrogen and oxygen atoms in total. The molecular formula is C53H95N2O6P. The van der Waals surface area contributed by atoms with Gasteiger partial charge in [-0.15, -0.1) is 0 Å². The number of carbonyl (C=O) groups excluding carboxylic acids is 1. The van der Waals surface area contributed by atoms with Crippen LogP contribution in [0, 0.1) is 0 Å². The van der Waals surface area contributed by atoms with Crippen LogP contribution in [-0.2, 0) is 18.4 Å². The van der Waals surface area contributed by atoms with Crippen LogP contribution in [0.5, 0.6) is 0 Å². The maximum absolute atomic E-state index is 12.8. The Kier molecular flexibility index (Phi) is 42.3. The number of hydrogen-bond donors (Lipinski definition) is 2. The Morgan fingerprint density at radius 3 is 1.48 bits per heavy atom. The quantitative estimate of drug-likeness (QED) is 0.0273. The van der Waals surface area contributed by atoms with E-state index in [4.69, 9.17) is 9.05 Å². The van der Waals surface area contributed by atoms with Gasteiger partial charge in [-0.1, -0.05) is 202 Å². The van der Waals surface area contributed by atoms with Crippen molar-refractivity contribution in [2.24, 2.45) is 0 Å². The number of unbranched alkanes of at least 4 members (excludes halogenated alkanes) is 19. The van der Waals surface area contributed by atoms with Crippen LogP contribution in [0.15, 0.2) is 85.1 Å². The van der Waals surface area contributed by atoms with Gasteiger partial charge >= 0.3 is 0 Å². The fourth-order valence-corrected chi connectivity index (χ4v) is 7.40. The van der Waals surface area contributed by atoms with E-state index in [1.807, 2.05) is 27.2 Å². The maximum atomic E-state index is 12.8. The third-order valence-corrected chi connectivity index (χ3v) is 11.5. The van der Waals surface area contributed by atoms with Crippen LogP contribution in [0.4, 0.5) is 0 Å². The molecule has 0 aromatic rings. The highest BCUT2D eigenvalue weighted by Gasteiger charge is 2.23. The van der Waals surface area contributed by atoms with Crippen LogP contribution in [0.25, 0.3) is 0 Å². The maximum Gasteiger partial charge on any atom is 0.268 e. The Balaban J connectivity index is 3.94. The van der Waals surface area contributed by atoms with Crippen molar-refractivity contribution in [1.82, 2.24) is 5.32 Å². The van der Waals surface area contributed by atoms with Crippen molar-refractivity contribution < 1.29 is 32.9 Å². The highest BCUT2D eigenvalue weighted by atomic mass is 31.2. The Morgan fingerprint density at radius 1 is 0.581 bits per heavy atom. The molecule has 0 radical (unpaired) electrons. The lowest BCUT2D eigenvalue weighted by Crippen LogP contribution is -2.45. The molecule has 1 amide bonds. The fourth-order valence-electron chi connectivity index (χ4n) is 6.67. The minimum Gasteiger partial charge on any atom is -0.756 e. The topological polar surface area (TPSA) is 108 Å². The van der Waals surface area contributed by atoms with E-state index in [-0.39, 0.29) is 12.5 Å². The largest absolute Gasteiger partial charge is 0.756 e. The summed E-state index contributed by atoms with van der Waals surface area (Å²) in [5, 5.41) is 13.6. The number of quaternary nitrogens is 1. The summed E-state index contributed by atoms with van der Waals surface area (Å²) >= 11 is 0. The lowest BCUT2D eigenvalue weighted by atomic mass is 10.0. The molecular weight excluding hydrogens is 792 g/mol. The highest BCUT2D eigenvalue weighted by molar-refractivity contribution is 7.45. The van der Waals surface area contributed by atoms with Crippen LogP contribution in [0.1, 0.15) is 194 Å². The minimum atomic E-state index is -4.59. The first kappa shape index (κ1) is 59.7. The first-order chi connectivity index (χ1) is 30.0. The van der Waals surface area contributed by atoms with Crippen molar-refractivity contribution in [2.45, 2.75) is 206 Å². The first-order valence-electron chi connectivity index (χ1n) is 24.9. The van der Waals surface area contributed by atoms with E-state index in [0.29, 0.717) is 17.4 Å². The molecule has 0 spiro atoms. The van der Waals surface area contributed by atoms with Crippen LogP contribution >= 0.6 is 7.82 Å². The number of phosphoric ester groups is 1. The summed E-state index contributed by atoms with van der Waals surface area (Å²) in [4.78, 5) is 25.2. The molecule has 0 bridgehead atoms. The molecule has 3 atom stereocenters. The standard InChI is InChI=1S/C53H95N2O6P/c1-6-8-10-12-14-15-16-17-18-19-20-21-22-23-24-25-26-27-28-29-30-31-32-33-34-35-36-37-38-39-41-43-45-47-53(57)54-51(52(56)46-44-42-40-13-11-9-7-2)50-61-62(58,59)60-49-48-55(3,4)5/h8,10-11,13-15,17-18,20-21,23-24,44,46,51-52,56H,6-7,9,12,16,19,22,25-43,45,47-50H2,1-5H3,(H-,54,57,58,59)/b10-8-,13-11+,15-14-,18-17-,21-20-,24-23-,46-44+. The minimum absolute atomic E-state index is 0.00933. The van der Waals surface area contributed by atoms with Gasteiger partial charge in [0.25, 0.3) is 7.82 Å². The fraction of sp³-hybridized carbons (Fsp3) is 0.717. The number of amides is 1. The predicted octanol–water partition coefficient (Wildman–Crippen LogP) is 13.9. The van der Waals surface area contributed by atoms with Gasteiger partial charge in [0.05, 0.1) is 39.9 Å². The second-order valence-corrected chi connectivity index (χ2v) is 19.2. The van der Waals surface area contributed by atoms with Crippen molar-refractivity contribution in [3.8, 4) is 0 Å².